The van der Waals surface area contributed by atoms with Crippen LogP contribution in [0, 0.1) is 22.5 Å². The first-order chi connectivity index (χ1) is 20.2. The molecule has 1 saturated carbocycles. The Morgan fingerprint density at radius 3 is 2.33 bits per heavy atom. The van der Waals surface area contributed by atoms with Crippen molar-refractivity contribution in [3.63, 3.8) is 0 Å². The number of likely N-dealkylation sites (tertiary alicyclic amines) is 2. The van der Waals surface area contributed by atoms with Gasteiger partial charge in [0.25, 0.3) is 0 Å². The molecule has 1 N–H and O–H groups in total. The second kappa shape index (κ2) is 9.00. The smallest absolute Gasteiger partial charge is 0.229 e. The molecule has 4 aliphatic rings. The van der Waals surface area contributed by atoms with Crippen LogP contribution in [0.4, 0.5) is 20.5 Å². The number of hydrogen-bond acceptors (Lipinski definition) is 7. The predicted molar refractivity (Wildman–Crippen MR) is 157 cm³/mol. The molecule has 3 fully saturated rings. The summed E-state index contributed by atoms with van der Waals surface area (Å²) < 4.78 is 32.4. The lowest BCUT2D eigenvalue weighted by Gasteiger charge is -2.31. The number of benzene rings is 1. The van der Waals surface area contributed by atoms with Gasteiger partial charge in [0, 0.05) is 67.3 Å². The van der Waals surface area contributed by atoms with Gasteiger partial charge < -0.3 is 14.8 Å². The average Bonchev–Trinajstić information content (AvgIpc) is 3.28. The van der Waals surface area contributed by atoms with Gasteiger partial charge in [-0.15, -0.1) is 0 Å². The highest BCUT2D eigenvalue weighted by Gasteiger charge is 2.56. The standard InChI is InChI=1S/C32H36F2N8/c1-4-40-16-30(2)18-41(19-31(30,3)17-40)15-20-5-6-25(35-13-20)37-29-36-14-23(34)27(39-29)21-11-22(33)28-24(12-21)42-26(38-28)7-8-32(42)9-10-32/h5-6,11-14H,4,7-10,15-19H2,1-3H3,(H,35,36,37,39)/t30-,31+. The Hall–Kier alpha value is -3.50. The molecule has 1 aliphatic carbocycles. The summed E-state index contributed by atoms with van der Waals surface area (Å²) in [7, 11) is 0. The minimum atomic E-state index is -0.607. The lowest BCUT2D eigenvalue weighted by molar-refractivity contribution is 0.212. The van der Waals surface area contributed by atoms with Gasteiger partial charge in [0.2, 0.25) is 5.95 Å². The molecule has 3 aromatic heterocycles. The van der Waals surface area contributed by atoms with E-state index in [0.29, 0.717) is 33.2 Å². The number of pyridine rings is 1. The molecule has 6 heterocycles. The molecule has 218 valence electrons. The lowest BCUT2D eigenvalue weighted by Crippen LogP contribution is -2.34. The van der Waals surface area contributed by atoms with Gasteiger partial charge in [0.1, 0.15) is 22.9 Å². The largest absolute Gasteiger partial charge is 0.322 e. The summed E-state index contributed by atoms with van der Waals surface area (Å²) in [5.74, 6) is 0.621. The highest BCUT2D eigenvalue weighted by Crippen LogP contribution is 2.54. The van der Waals surface area contributed by atoms with Crippen LogP contribution in [0.2, 0.25) is 0 Å². The second-order valence-electron chi connectivity index (χ2n) is 13.6. The van der Waals surface area contributed by atoms with E-state index < -0.39 is 11.6 Å². The second-order valence-corrected chi connectivity index (χ2v) is 13.6. The van der Waals surface area contributed by atoms with E-state index in [1.807, 2.05) is 18.3 Å². The van der Waals surface area contributed by atoms with E-state index >= 15 is 4.39 Å². The van der Waals surface area contributed by atoms with E-state index in [0.717, 1.165) is 82.5 Å². The first kappa shape index (κ1) is 26.2. The monoisotopic (exact) mass is 570 g/mol. The number of hydrogen-bond donors (Lipinski definition) is 1. The molecule has 3 aliphatic heterocycles. The molecule has 2 atom stereocenters. The molecule has 0 bridgehead atoms. The fourth-order valence-corrected chi connectivity index (χ4v) is 7.97. The molecular formula is C32H36F2N8. The average molecular weight is 571 g/mol. The van der Waals surface area contributed by atoms with Crippen molar-refractivity contribution < 1.29 is 8.78 Å². The van der Waals surface area contributed by atoms with Crippen molar-refractivity contribution in [2.45, 2.75) is 58.5 Å². The van der Waals surface area contributed by atoms with Crippen molar-refractivity contribution in [2.75, 3.05) is 38.0 Å². The first-order valence-electron chi connectivity index (χ1n) is 15.1. The number of rotatable bonds is 6. The molecule has 0 radical (unpaired) electrons. The minimum Gasteiger partial charge on any atom is -0.322 e. The van der Waals surface area contributed by atoms with Crippen molar-refractivity contribution in [2.24, 2.45) is 10.8 Å². The van der Waals surface area contributed by atoms with Crippen molar-refractivity contribution in [1.29, 1.82) is 0 Å². The van der Waals surface area contributed by atoms with Crippen LogP contribution in [0.1, 0.15) is 51.4 Å². The summed E-state index contributed by atoms with van der Waals surface area (Å²) in [6.45, 7) is 13.6. The van der Waals surface area contributed by atoms with E-state index in [1.54, 1.807) is 0 Å². The zero-order valence-corrected chi connectivity index (χ0v) is 24.4. The van der Waals surface area contributed by atoms with E-state index in [9.17, 15) is 4.39 Å². The van der Waals surface area contributed by atoms with Crippen molar-refractivity contribution in [1.82, 2.24) is 34.3 Å². The van der Waals surface area contributed by atoms with Crippen LogP contribution in [-0.4, -0.2) is 67.0 Å². The van der Waals surface area contributed by atoms with Crippen LogP contribution in [0.5, 0.6) is 0 Å². The van der Waals surface area contributed by atoms with Crippen LogP contribution in [0.15, 0.2) is 36.7 Å². The summed E-state index contributed by atoms with van der Waals surface area (Å²) in [5, 5.41) is 3.10. The number of nitrogens with zero attached hydrogens (tertiary/aromatic N) is 7. The van der Waals surface area contributed by atoms with Crippen molar-refractivity contribution in [3.05, 3.63) is 59.7 Å². The number of aryl methyl sites for hydroxylation is 1. The maximum Gasteiger partial charge on any atom is 0.229 e. The number of fused-ring (bicyclic) bond motifs is 5. The topological polar surface area (TPSA) is 75.0 Å². The fraction of sp³-hybridized carbons (Fsp3) is 0.500. The minimum absolute atomic E-state index is 0.0477. The van der Waals surface area contributed by atoms with Gasteiger partial charge in [-0.2, -0.15) is 0 Å². The zero-order chi connectivity index (χ0) is 28.9. The molecule has 42 heavy (non-hydrogen) atoms. The van der Waals surface area contributed by atoms with Gasteiger partial charge in [0.05, 0.1) is 11.7 Å². The Morgan fingerprint density at radius 2 is 1.64 bits per heavy atom. The molecule has 0 unspecified atom stereocenters. The first-order valence-corrected chi connectivity index (χ1v) is 15.1. The van der Waals surface area contributed by atoms with E-state index in [1.165, 1.54) is 6.07 Å². The molecule has 8 nitrogen and oxygen atoms in total. The molecule has 4 aromatic rings. The summed E-state index contributed by atoms with van der Waals surface area (Å²) in [5.41, 5.74) is 3.30. The predicted octanol–water partition coefficient (Wildman–Crippen LogP) is 5.51. The molecule has 2 saturated heterocycles. The van der Waals surface area contributed by atoms with Gasteiger partial charge in [0.15, 0.2) is 11.6 Å². The fourth-order valence-electron chi connectivity index (χ4n) is 7.97. The molecule has 1 aromatic carbocycles. The molecule has 0 amide bonds. The third kappa shape index (κ3) is 3.98. The zero-order valence-electron chi connectivity index (χ0n) is 24.4. The normalized spacial score (nSPS) is 26.3. The Labute approximate surface area is 244 Å². The molecule has 8 rings (SSSR count). The third-order valence-corrected chi connectivity index (χ3v) is 10.6. The van der Waals surface area contributed by atoms with Gasteiger partial charge in [-0.05, 0) is 49.6 Å². The highest BCUT2D eigenvalue weighted by atomic mass is 19.1. The number of nitrogens with one attached hydrogen (secondary N) is 1. The van der Waals surface area contributed by atoms with Crippen molar-refractivity contribution in [3.8, 4) is 11.3 Å². The van der Waals surface area contributed by atoms with E-state index in [2.05, 4.69) is 66.5 Å². The molecular weight excluding hydrogens is 534 g/mol. The summed E-state index contributed by atoms with van der Waals surface area (Å²) in [4.78, 5) is 22.8. The number of aromatic nitrogens is 5. The Balaban J connectivity index is 1.00. The Kier molecular flexibility index (Phi) is 5.60. The summed E-state index contributed by atoms with van der Waals surface area (Å²) >= 11 is 0. The highest BCUT2D eigenvalue weighted by molar-refractivity contribution is 5.83. The van der Waals surface area contributed by atoms with Gasteiger partial charge in [-0.3, -0.25) is 4.90 Å². The van der Waals surface area contributed by atoms with Crippen LogP contribution >= 0.6 is 0 Å². The Bertz CT molecular complexity index is 1690. The molecule has 1 spiro atoms. The number of halogens is 2. The van der Waals surface area contributed by atoms with E-state index in [-0.39, 0.29) is 17.2 Å². The number of imidazole rings is 1. The third-order valence-electron chi connectivity index (χ3n) is 10.6. The van der Waals surface area contributed by atoms with Crippen LogP contribution in [-0.2, 0) is 18.5 Å². The van der Waals surface area contributed by atoms with Gasteiger partial charge >= 0.3 is 0 Å². The van der Waals surface area contributed by atoms with Crippen LogP contribution < -0.4 is 5.32 Å². The maximum atomic E-state index is 15.2. The quantitative estimate of drug-likeness (QED) is 0.328. The van der Waals surface area contributed by atoms with E-state index in [4.69, 9.17) is 0 Å². The maximum absolute atomic E-state index is 15.2. The van der Waals surface area contributed by atoms with Gasteiger partial charge in [-0.25, -0.2) is 28.7 Å². The SMILES string of the molecule is CCN1C[C@@]2(C)CN(Cc3ccc(Nc4ncc(F)c(-c5cc(F)c6nc7n(c6c5)C5(CC7)CC5)n4)nc3)C[C@@]2(C)C1. The van der Waals surface area contributed by atoms with Crippen LogP contribution in [0.3, 0.4) is 0 Å². The van der Waals surface area contributed by atoms with Crippen molar-refractivity contribution >= 4 is 22.8 Å². The summed E-state index contributed by atoms with van der Waals surface area (Å²) in [6.07, 6.45) is 7.03. The lowest BCUT2D eigenvalue weighted by atomic mass is 9.71. The molecule has 10 heteroatoms. The summed E-state index contributed by atoms with van der Waals surface area (Å²) in [6, 6.07) is 7.10. The Morgan fingerprint density at radius 1 is 0.881 bits per heavy atom. The van der Waals surface area contributed by atoms with Crippen LogP contribution in [0.25, 0.3) is 22.3 Å². The number of anilines is 2. The van der Waals surface area contributed by atoms with Gasteiger partial charge in [-0.1, -0.05) is 26.8 Å².